The number of hydrogen-bond donors (Lipinski definition) is 0. The van der Waals surface area contributed by atoms with Gasteiger partial charge in [0.15, 0.2) is 0 Å². The first-order valence-corrected chi connectivity index (χ1v) is 6.14. The van der Waals surface area contributed by atoms with Crippen LogP contribution in [-0.2, 0) is 0 Å². The van der Waals surface area contributed by atoms with Crippen LogP contribution in [0.1, 0.15) is 52.9 Å². The van der Waals surface area contributed by atoms with Crippen molar-refractivity contribution in [1.82, 2.24) is 4.90 Å². The standard InChI is InChI=1S/C13H27N/c1-11(2)10-13(14(4)5)8-6-12(3)7-9-13/h11-12H,6-10H2,1-5H3. The van der Waals surface area contributed by atoms with E-state index in [2.05, 4.69) is 39.8 Å². The summed E-state index contributed by atoms with van der Waals surface area (Å²) >= 11 is 0. The van der Waals surface area contributed by atoms with E-state index in [9.17, 15) is 0 Å². The topological polar surface area (TPSA) is 3.24 Å². The average molecular weight is 197 g/mol. The normalized spacial score (nSPS) is 34.1. The minimum Gasteiger partial charge on any atom is -0.304 e. The number of nitrogens with zero attached hydrogens (tertiary/aromatic N) is 1. The molecule has 1 heteroatoms. The molecule has 0 saturated heterocycles. The molecule has 0 heterocycles. The molecule has 1 rings (SSSR count). The van der Waals surface area contributed by atoms with E-state index in [0.717, 1.165) is 11.8 Å². The third-order valence-electron chi connectivity index (χ3n) is 3.94. The van der Waals surface area contributed by atoms with Gasteiger partial charge in [-0.3, -0.25) is 0 Å². The van der Waals surface area contributed by atoms with Gasteiger partial charge in [-0.1, -0.05) is 20.8 Å². The fourth-order valence-corrected chi connectivity index (χ4v) is 2.89. The van der Waals surface area contributed by atoms with Crippen molar-refractivity contribution in [3.8, 4) is 0 Å². The lowest BCUT2D eigenvalue weighted by Gasteiger charge is -2.46. The predicted molar refractivity (Wildman–Crippen MR) is 63.5 cm³/mol. The summed E-state index contributed by atoms with van der Waals surface area (Å²) in [6.45, 7) is 7.10. The van der Waals surface area contributed by atoms with Crippen molar-refractivity contribution in [2.24, 2.45) is 11.8 Å². The van der Waals surface area contributed by atoms with E-state index >= 15 is 0 Å². The van der Waals surface area contributed by atoms with Crippen LogP contribution in [-0.4, -0.2) is 24.5 Å². The molecule has 0 aromatic rings. The molecular weight excluding hydrogens is 170 g/mol. The molecule has 0 aliphatic heterocycles. The van der Waals surface area contributed by atoms with E-state index < -0.39 is 0 Å². The summed E-state index contributed by atoms with van der Waals surface area (Å²) < 4.78 is 0. The lowest BCUT2D eigenvalue weighted by Crippen LogP contribution is -2.47. The van der Waals surface area contributed by atoms with Crippen molar-refractivity contribution >= 4 is 0 Å². The van der Waals surface area contributed by atoms with Crippen LogP contribution < -0.4 is 0 Å². The summed E-state index contributed by atoms with van der Waals surface area (Å²) in [6.07, 6.45) is 7.02. The fraction of sp³-hybridized carbons (Fsp3) is 1.00. The van der Waals surface area contributed by atoms with Crippen LogP contribution in [0.5, 0.6) is 0 Å². The molecule has 1 aliphatic rings. The van der Waals surface area contributed by atoms with Gasteiger partial charge in [-0.05, 0) is 58.0 Å². The van der Waals surface area contributed by atoms with Crippen LogP contribution in [0.25, 0.3) is 0 Å². The molecule has 0 spiro atoms. The Kier molecular flexibility index (Phi) is 4.00. The molecule has 0 amide bonds. The molecule has 1 aliphatic carbocycles. The van der Waals surface area contributed by atoms with Crippen molar-refractivity contribution < 1.29 is 0 Å². The summed E-state index contributed by atoms with van der Waals surface area (Å²) in [6, 6.07) is 0. The van der Waals surface area contributed by atoms with Gasteiger partial charge in [-0.2, -0.15) is 0 Å². The van der Waals surface area contributed by atoms with Crippen molar-refractivity contribution in [2.75, 3.05) is 14.1 Å². The van der Waals surface area contributed by atoms with E-state index in [0.29, 0.717) is 5.54 Å². The molecule has 14 heavy (non-hydrogen) atoms. The minimum absolute atomic E-state index is 0.515. The second-order valence-corrected chi connectivity index (χ2v) is 5.90. The molecule has 1 nitrogen and oxygen atoms in total. The Morgan fingerprint density at radius 3 is 2.07 bits per heavy atom. The van der Waals surface area contributed by atoms with Gasteiger partial charge in [0.1, 0.15) is 0 Å². The Balaban J connectivity index is 2.63. The summed E-state index contributed by atoms with van der Waals surface area (Å²) in [4.78, 5) is 2.48. The highest BCUT2D eigenvalue weighted by atomic mass is 15.1. The zero-order chi connectivity index (χ0) is 10.8. The summed E-state index contributed by atoms with van der Waals surface area (Å²) in [5.41, 5.74) is 0.515. The zero-order valence-corrected chi connectivity index (χ0v) is 10.6. The number of hydrogen-bond acceptors (Lipinski definition) is 1. The van der Waals surface area contributed by atoms with Crippen LogP contribution in [0.4, 0.5) is 0 Å². The van der Waals surface area contributed by atoms with Crippen molar-refractivity contribution in [3.63, 3.8) is 0 Å². The minimum atomic E-state index is 0.515. The molecule has 0 radical (unpaired) electrons. The smallest absolute Gasteiger partial charge is 0.0206 e. The molecule has 0 unspecified atom stereocenters. The van der Waals surface area contributed by atoms with E-state index in [-0.39, 0.29) is 0 Å². The summed E-state index contributed by atoms with van der Waals surface area (Å²) in [5.74, 6) is 1.78. The Morgan fingerprint density at radius 2 is 1.71 bits per heavy atom. The Morgan fingerprint density at radius 1 is 1.21 bits per heavy atom. The van der Waals surface area contributed by atoms with Gasteiger partial charge in [-0.15, -0.1) is 0 Å². The van der Waals surface area contributed by atoms with Gasteiger partial charge in [0.2, 0.25) is 0 Å². The van der Waals surface area contributed by atoms with Crippen LogP contribution in [0.15, 0.2) is 0 Å². The molecule has 0 bridgehead atoms. The lowest BCUT2D eigenvalue weighted by molar-refractivity contribution is 0.0618. The molecule has 1 fully saturated rings. The highest BCUT2D eigenvalue weighted by molar-refractivity contribution is 4.92. The molecule has 1 saturated carbocycles. The predicted octanol–water partition coefficient (Wildman–Crippen LogP) is 3.54. The first-order valence-electron chi connectivity index (χ1n) is 6.14. The van der Waals surface area contributed by atoms with Gasteiger partial charge in [0.05, 0.1) is 0 Å². The van der Waals surface area contributed by atoms with E-state index in [1.165, 1.54) is 32.1 Å². The van der Waals surface area contributed by atoms with Crippen LogP contribution in [0.2, 0.25) is 0 Å². The summed E-state index contributed by atoms with van der Waals surface area (Å²) in [7, 11) is 4.52. The van der Waals surface area contributed by atoms with Gasteiger partial charge in [0.25, 0.3) is 0 Å². The van der Waals surface area contributed by atoms with E-state index in [4.69, 9.17) is 0 Å². The maximum absolute atomic E-state index is 2.48. The Hall–Kier alpha value is -0.0400. The Labute approximate surface area is 89.9 Å². The van der Waals surface area contributed by atoms with Crippen molar-refractivity contribution in [3.05, 3.63) is 0 Å². The molecule has 0 atom stereocenters. The second-order valence-electron chi connectivity index (χ2n) is 5.90. The quantitative estimate of drug-likeness (QED) is 0.669. The van der Waals surface area contributed by atoms with Crippen LogP contribution >= 0.6 is 0 Å². The molecule has 84 valence electrons. The second kappa shape index (κ2) is 4.65. The van der Waals surface area contributed by atoms with Gasteiger partial charge < -0.3 is 4.90 Å². The van der Waals surface area contributed by atoms with E-state index in [1.807, 2.05) is 0 Å². The van der Waals surface area contributed by atoms with Crippen molar-refractivity contribution in [2.45, 2.75) is 58.4 Å². The SMILES string of the molecule is CC(C)CC1(N(C)C)CCC(C)CC1. The van der Waals surface area contributed by atoms with Crippen LogP contribution in [0, 0.1) is 11.8 Å². The monoisotopic (exact) mass is 197 g/mol. The van der Waals surface area contributed by atoms with Gasteiger partial charge in [0, 0.05) is 5.54 Å². The first-order chi connectivity index (χ1) is 6.46. The average Bonchev–Trinajstić information content (AvgIpc) is 2.08. The molecule has 0 aromatic carbocycles. The largest absolute Gasteiger partial charge is 0.304 e. The van der Waals surface area contributed by atoms with Crippen molar-refractivity contribution in [1.29, 1.82) is 0 Å². The first kappa shape index (κ1) is 12.0. The highest BCUT2D eigenvalue weighted by Crippen LogP contribution is 2.39. The molecular formula is C13H27N. The van der Waals surface area contributed by atoms with Gasteiger partial charge >= 0.3 is 0 Å². The summed E-state index contributed by atoms with van der Waals surface area (Å²) in [5, 5.41) is 0. The maximum Gasteiger partial charge on any atom is 0.0206 e. The molecule has 0 N–H and O–H groups in total. The zero-order valence-electron chi connectivity index (χ0n) is 10.6. The van der Waals surface area contributed by atoms with Crippen LogP contribution in [0.3, 0.4) is 0 Å². The third-order valence-corrected chi connectivity index (χ3v) is 3.94. The third kappa shape index (κ3) is 2.73. The maximum atomic E-state index is 2.48. The molecule has 0 aromatic heterocycles. The fourth-order valence-electron chi connectivity index (χ4n) is 2.89. The lowest BCUT2D eigenvalue weighted by atomic mass is 9.72. The Bertz CT molecular complexity index is 164. The highest BCUT2D eigenvalue weighted by Gasteiger charge is 2.36. The number of rotatable bonds is 3. The van der Waals surface area contributed by atoms with E-state index in [1.54, 1.807) is 0 Å². The van der Waals surface area contributed by atoms with Gasteiger partial charge in [-0.25, -0.2) is 0 Å².